The first-order chi connectivity index (χ1) is 14.5. The van der Waals surface area contributed by atoms with Crippen molar-refractivity contribution in [3.63, 3.8) is 0 Å². The van der Waals surface area contributed by atoms with Gasteiger partial charge in [0.1, 0.15) is 6.10 Å². The maximum Gasteiger partial charge on any atom is 0.166 e. The Hall–Kier alpha value is -2.78. The van der Waals surface area contributed by atoms with E-state index in [9.17, 15) is 8.78 Å². The highest BCUT2D eigenvalue weighted by atomic mass is 35.5. The number of aryl methyl sites for hydroxylation is 1. The van der Waals surface area contributed by atoms with Crippen LogP contribution in [0.2, 0.25) is 0 Å². The van der Waals surface area contributed by atoms with Crippen molar-refractivity contribution >= 4 is 18.2 Å². The van der Waals surface area contributed by atoms with E-state index in [1.165, 1.54) is 5.69 Å². The zero-order valence-electron chi connectivity index (χ0n) is 16.9. The van der Waals surface area contributed by atoms with E-state index in [1.807, 2.05) is 0 Å². The summed E-state index contributed by atoms with van der Waals surface area (Å²) in [6, 6.07) is 3.82. The van der Waals surface area contributed by atoms with E-state index in [0.717, 1.165) is 56.1 Å². The summed E-state index contributed by atoms with van der Waals surface area (Å²) in [5.41, 5.74) is 8.67. The zero-order valence-corrected chi connectivity index (χ0v) is 17.8. The van der Waals surface area contributed by atoms with Gasteiger partial charge >= 0.3 is 0 Å². The smallest absolute Gasteiger partial charge is 0.166 e. The molecule has 164 valence electrons. The SMILES string of the molecule is C[C@@H](Oc1cc(-c2cc3n(n2)CC[C@@]32CCNC2)cnc1N)c1c(F)cncc1F.Cl. The molecule has 1 spiro atoms. The number of nitrogens with two attached hydrogens (primary N) is 1. The lowest BCUT2D eigenvalue weighted by atomic mass is 9.82. The van der Waals surface area contributed by atoms with Crippen molar-refractivity contribution < 1.29 is 13.5 Å². The highest BCUT2D eigenvalue weighted by molar-refractivity contribution is 5.85. The summed E-state index contributed by atoms with van der Waals surface area (Å²) >= 11 is 0. The molecule has 0 aromatic carbocycles. The molecule has 7 nitrogen and oxygen atoms in total. The average molecular weight is 449 g/mol. The van der Waals surface area contributed by atoms with Crippen molar-refractivity contribution in [3.8, 4) is 17.0 Å². The van der Waals surface area contributed by atoms with Gasteiger partial charge in [-0.1, -0.05) is 0 Å². The average Bonchev–Trinajstić information content (AvgIpc) is 3.42. The maximum atomic E-state index is 14.0. The monoisotopic (exact) mass is 448 g/mol. The lowest BCUT2D eigenvalue weighted by Gasteiger charge is -2.20. The minimum absolute atomic E-state index is 0. The third-order valence-corrected chi connectivity index (χ3v) is 6.15. The van der Waals surface area contributed by atoms with Crippen LogP contribution < -0.4 is 15.8 Å². The fourth-order valence-electron chi connectivity index (χ4n) is 4.53. The van der Waals surface area contributed by atoms with Crippen LogP contribution in [0.15, 0.2) is 30.7 Å². The van der Waals surface area contributed by atoms with Gasteiger partial charge in [0, 0.05) is 36.0 Å². The number of nitrogen functional groups attached to an aromatic ring is 1. The van der Waals surface area contributed by atoms with Crippen LogP contribution in [0.25, 0.3) is 11.3 Å². The Morgan fingerprint density at radius 1 is 1.19 bits per heavy atom. The van der Waals surface area contributed by atoms with Crippen LogP contribution in [0.3, 0.4) is 0 Å². The van der Waals surface area contributed by atoms with Crippen molar-refractivity contribution in [3.05, 3.63) is 53.6 Å². The minimum atomic E-state index is -0.910. The third-order valence-electron chi connectivity index (χ3n) is 6.15. The molecule has 0 saturated carbocycles. The van der Waals surface area contributed by atoms with Gasteiger partial charge < -0.3 is 15.8 Å². The number of nitrogens with one attached hydrogen (secondary N) is 1. The molecule has 2 aliphatic rings. The van der Waals surface area contributed by atoms with Gasteiger partial charge in [0.15, 0.2) is 23.2 Å². The van der Waals surface area contributed by atoms with E-state index in [2.05, 4.69) is 26.0 Å². The second-order valence-electron chi connectivity index (χ2n) is 7.98. The highest BCUT2D eigenvalue weighted by Crippen LogP contribution is 2.41. The number of pyridine rings is 2. The molecule has 0 radical (unpaired) electrons. The molecule has 1 fully saturated rings. The Morgan fingerprint density at radius 2 is 1.97 bits per heavy atom. The van der Waals surface area contributed by atoms with Gasteiger partial charge in [0.05, 0.1) is 23.7 Å². The topological polar surface area (TPSA) is 90.9 Å². The first-order valence-corrected chi connectivity index (χ1v) is 9.97. The molecule has 0 aliphatic carbocycles. The van der Waals surface area contributed by atoms with Crippen molar-refractivity contribution in [2.75, 3.05) is 18.8 Å². The van der Waals surface area contributed by atoms with E-state index in [-0.39, 0.29) is 35.0 Å². The summed E-state index contributed by atoms with van der Waals surface area (Å²) in [4.78, 5) is 7.71. The maximum absolute atomic E-state index is 14.0. The van der Waals surface area contributed by atoms with Crippen molar-refractivity contribution in [1.29, 1.82) is 0 Å². The van der Waals surface area contributed by atoms with Crippen molar-refractivity contribution in [2.24, 2.45) is 0 Å². The van der Waals surface area contributed by atoms with Crippen LogP contribution in [0.5, 0.6) is 5.75 Å². The number of halogens is 3. The Kier molecular flexibility index (Phi) is 5.57. The van der Waals surface area contributed by atoms with Crippen LogP contribution in [0, 0.1) is 11.6 Å². The number of anilines is 1. The summed E-state index contributed by atoms with van der Waals surface area (Å²) in [5.74, 6) is -1.15. The summed E-state index contributed by atoms with van der Waals surface area (Å²) < 4.78 is 35.9. The Morgan fingerprint density at radius 3 is 2.68 bits per heavy atom. The van der Waals surface area contributed by atoms with Crippen LogP contribution in [-0.2, 0) is 12.0 Å². The van der Waals surface area contributed by atoms with E-state index in [1.54, 1.807) is 19.2 Å². The van der Waals surface area contributed by atoms with Crippen LogP contribution >= 0.6 is 12.4 Å². The molecule has 3 N–H and O–H groups in total. The van der Waals surface area contributed by atoms with E-state index >= 15 is 0 Å². The largest absolute Gasteiger partial charge is 0.482 e. The second-order valence-corrected chi connectivity index (χ2v) is 7.98. The molecule has 0 unspecified atom stereocenters. The van der Waals surface area contributed by atoms with Gasteiger partial charge in [-0.2, -0.15) is 5.10 Å². The molecule has 3 aromatic heterocycles. The Labute approximate surface area is 184 Å². The van der Waals surface area contributed by atoms with Crippen LogP contribution in [0.4, 0.5) is 14.6 Å². The molecule has 5 heterocycles. The molecular weight excluding hydrogens is 426 g/mol. The van der Waals surface area contributed by atoms with E-state index in [0.29, 0.717) is 0 Å². The number of fused-ring (bicyclic) bond motifs is 2. The number of ether oxygens (including phenoxy) is 1. The summed E-state index contributed by atoms with van der Waals surface area (Å²) in [6.07, 6.45) is 4.84. The summed E-state index contributed by atoms with van der Waals surface area (Å²) in [7, 11) is 0. The normalized spacial score (nSPS) is 20.5. The quantitative estimate of drug-likeness (QED) is 0.635. The van der Waals surface area contributed by atoms with Gasteiger partial charge in [0.2, 0.25) is 0 Å². The molecule has 5 rings (SSSR count). The molecule has 2 aliphatic heterocycles. The van der Waals surface area contributed by atoms with Crippen molar-refractivity contribution in [1.82, 2.24) is 25.1 Å². The standard InChI is InChI=1S/C21H22F2N6O.ClH/c1-12(19-14(22)9-26-10-15(19)23)30-17-6-13(8-27-20(17)24)16-7-18-21(2-4-25-11-21)3-5-29(18)28-16;/h6-10,12,25H,2-5,11H2,1H3,(H2,24,27);1H/t12-,21-;/m1./s1. The summed E-state index contributed by atoms with van der Waals surface area (Å²) in [5, 5.41) is 8.19. The van der Waals surface area contributed by atoms with Gasteiger partial charge in [-0.25, -0.2) is 13.8 Å². The fourth-order valence-corrected chi connectivity index (χ4v) is 4.53. The van der Waals surface area contributed by atoms with E-state index < -0.39 is 17.7 Å². The molecule has 3 aromatic rings. The van der Waals surface area contributed by atoms with Gasteiger partial charge in [-0.3, -0.25) is 9.67 Å². The van der Waals surface area contributed by atoms with Crippen LogP contribution in [0.1, 0.15) is 37.1 Å². The first kappa shape index (κ1) is 21.5. The number of hydrogen-bond acceptors (Lipinski definition) is 6. The number of rotatable bonds is 4. The van der Waals surface area contributed by atoms with Gasteiger partial charge in [-0.15, -0.1) is 12.4 Å². The predicted octanol–water partition coefficient (Wildman–Crippen LogP) is 3.40. The molecule has 10 heteroatoms. The highest BCUT2D eigenvalue weighted by Gasteiger charge is 2.42. The lowest BCUT2D eigenvalue weighted by Crippen LogP contribution is -2.25. The Balaban J connectivity index is 0.00000231. The molecular formula is C21H23ClF2N6O. The fraction of sp³-hybridized carbons (Fsp3) is 0.381. The third kappa shape index (κ3) is 3.61. The van der Waals surface area contributed by atoms with Crippen LogP contribution in [-0.4, -0.2) is 32.8 Å². The van der Waals surface area contributed by atoms with Crippen molar-refractivity contribution in [2.45, 2.75) is 37.8 Å². The number of aromatic nitrogens is 4. The van der Waals surface area contributed by atoms with Gasteiger partial charge in [0.25, 0.3) is 0 Å². The number of hydrogen-bond donors (Lipinski definition) is 2. The molecule has 1 saturated heterocycles. The molecule has 2 atom stereocenters. The first-order valence-electron chi connectivity index (χ1n) is 9.97. The molecule has 0 amide bonds. The second kappa shape index (κ2) is 8.05. The molecule has 0 bridgehead atoms. The Bertz CT molecular complexity index is 1090. The number of nitrogens with zero attached hydrogens (tertiary/aromatic N) is 4. The van der Waals surface area contributed by atoms with E-state index in [4.69, 9.17) is 15.6 Å². The lowest BCUT2D eigenvalue weighted by molar-refractivity contribution is 0.215. The van der Waals surface area contributed by atoms with Gasteiger partial charge in [-0.05, 0) is 38.4 Å². The minimum Gasteiger partial charge on any atom is -0.482 e. The summed E-state index contributed by atoms with van der Waals surface area (Å²) in [6.45, 7) is 4.42. The zero-order chi connectivity index (χ0) is 20.9. The molecule has 31 heavy (non-hydrogen) atoms. The predicted molar refractivity (Wildman–Crippen MR) is 114 cm³/mol.